The molecule has 2 N–H and O–H groups in total. The molecular formula is C11H18BrN3. The SMILES string of the molecule is CCC1CCCC(n2cc(Br)c(N)n2)C1. The first-order chi connectivity index (χ1) is 7.20. The molecule has 2 unspecified atom stereocenters. The predicted molar refractivity (Wildman–Crippen MR) is 65.6 cm³/mol. The van der Waals surface area contributed by atoms with Gasteiger partial charge in [-0.15, -0.1) is 0 Å². The Labute approximate surface area is 99.2 Å². The van der Waals surface area contributed by atoms with Crippen LogP contribution in [-0.2, 0) is 0 Å². The largest absolute Gasteiger partial charge is 0.381 e. The van der Waals surface area contributed by atoms with E-state index in [1.165, 1.54) is 32.1 Å². The summed E-state index contributed by atoms with van der Waals surface area (Å²) in [5.41, 5.74) is 5.74. The van der Waals surface area contributed by atoms with Gasteiger partial charge in [-0.05, 0) is 34.7 Å². The minimum Gasteiger partial charge on any atom is -0.381 e. The topological polar surface area (TPSA) is 43.8 Å². The maximum Gasteiger partial charge on any atom is 0.159 e. The van der Waals surface area contributed by atoms with Crippen molar-refractivity contribution < 1.29 is 0 Å². The van der Waals surface area contributed by atoms with E-state index >= 15 is 0 Å². The van der Waals surface area contributed by atoms with Crippen LogP contribution in [0.25, 0.3) is 0 Å². The normalized spacial score (nSPS) is 26.8. The molecule has 1 saturated carbocycles. The van der Waals surface area contributed by atoms with E-state index < -0.39 is 0 Å². The van der Waals surface area contributed by atoms with Crippen LogP contribution < -0.4 is 5.73 Å². The van der Waals surface area contributed by atoms with Crippen LogP contribution in [0.3, 0.4) is 0 Å². The molecule has 2 rings (SSSR count). The highest BCUT2D eigenvalue weighted by atomic mass is 79.9. The third-order valence-electron chi connectivity index (χ3n) is 3.42. The molecule has 1 aliphatic carbocycles. The predicted octanol–water partition coefficient (Wildman–Crippen LogP) is 3.37. The highest BCUT2D eigenvalue weighted by Crippen LogP contribution is 2.34. The molecule has 0 bridgehead atoms. The molecule has 0 spiro atoms. The van der Waals surface area contributed by atoms with Crippen LogP contribution >= 0.6 is 15.9 Å². The second kappa shape index (κ2) is 4.56. The van der Waals surface area contributed by atoms with Crippen molar-refractivity contribution in [3.63, 3.8) is 0 Å². The molecule has 1 aromatic heterocycles. The van der Waals surface area contributed by atoms with Gasteiger partial charge in [0.15, 0.2) is 5.82 Å². The molecule has 2 atom stereocenters. The zero-order chi connectivity index (χ0) is 10.8. The Balaban J connectivity index is 2.09. The van der Waals surface area contributed by atoms with Gasteiger partial charge >= 0.3 is 0 Å². The molecule has 0 aliphatic heterocycles. The fourth-order valence-corrected chi connectivity index (χ4v) is 2.73. The van der Waals surface area contributed by atoms with E-state index in [1.807, 2.05) is 10.9 Å². The number of halogens is 1. The van der Waals surface area contributed by atoms with Gasteiger partial charge in [-0.3, -0.25) is 4.68 Å². The Hall–Kier alpha value is -0.510. The Morgan fingerprint density at radius 1 is 1.60 bits per heavy atom. The first kappa shape index (κ1) is 11.0. The van der Waals surface area contributed by atoms with Gasteiger partial charge in [0.25, 0.3) is 0 Å². The summed E-state index contributed by atoms with van der Waals surface area (Å²) in [6.07, 6.45) is 8.49. The van der Waals surface area contributed by atoms with Crippen molar-refractivity contribution in [3.8, 4) is 0 Å². The summed E-state index contributed by atoms with van der Waals surface area (Å²) in [7, 11) is 0. The molecule has 4 heteroatoms. The monoisotopic (exact) mass is 271 g/mol. The van der Waals surface area contributed by atoms with Crippen molar-refractivity contribution in [1.29, 1.82) is 0 Å². The van der Waals surface area contributed by atoms with E-state index in [0.29, 0.717) is 11.9 Å². The number of nitrogen functional groups attached to an aromatic ring is 1. The molecule has 84 valence electrons. The molecule has 0 amide bonds. The summed E-state index contributed by atoms with van der Waals surface area (Å²) in [6.45, 7) is 2.28. The van der Waals surface area contributed by atoms with Crippen molar-refractivity contribution in [1.82, 2.24) is 9.78 Å². The number of hydrogen-bond donors (Lipinski definition) is 1. The van der Waals surface area contributed by atoms with Crippen LogP contribution in [0.1, 0.15) is 45.1 Å². The Morgan fingerprint density at radius 3 is 3.00 bits per heavy atom. The fraction of sp³-hybridized carbons (Fsp3) is 0.727. The average molecular weight is 272 g/mol. The quantitative estimate of drug-likeness (QED) is 0.897. The molecule has 0 saturated heterocycles. The lowest BCUT2D eigenvalue weighted by atomic mass is 9.84. The Kier molecular flexibility index (Phi) is 3.34. The summed E-state index contributed by atoms with van der Waals surface area (Å²) in [6, 6.07) is 0.553. The summed E-state index contributed by atoms with van der Waals surface area (Å²) < 4.78 is 2.96. The zero-order valence-electron chi connectivity index (χ0n) is 9.12. The molecule has 1 aromatic rings. The number of anilines is 1. The lowest BCUT2D eigenvalue weighted by molar-refractivity contribution is 0.248. The van der Waals surface area contributed by atoms with E-state index in [9.17, 15) is 0 Å². The zero-order valence-corrected chi connectivity index (χ0v) is 10.7. The van der Waals surface area contributed by atoms with Gasteiger partial charge in [0.05, 0.1) is 10.5 Å². The molecule has 3 nitrogen and oxygen atoms in total. The number of aromatic nitrogens is 2. The Bertz CT molecular complexity index is 315. The van der Waals surface area contributed by atoms with E-state index in [0.717, 1.165) is 10.4 Å². The minimum atomic E-state index is 0.553. The second-order valence-electron chi connectivity index (χ2n) is 4.44. The van der Waals surface area contributed by atoms with Crippen LogP contribution in [-0.4, -0.2) is 9.78 Å². The average Bonchev–Trinajstić information content (AvgIpc) is 2.59. The van der Waals surface area contributed by atoms with Gasteiger partial charge in [0.2, 0.25) is 0 Å². The summed E-state index contributed by atoms with van der Waals surface area (Å²) in [4.78, 5) is 0. The minimum absolute atomic E-state index is 0.553. The number of nitrogens with two attached hydrogens (primary N) is 1. The molecule has 15 heavy (non-hydrogen) atoms. The maximum atomic E-state index is 5.74. The first-order valence-corrected chi connectivity index (χ1v) is 6.50. The van der Waals surface area contributed by atoms with Crippen molar-refractivity contribution in [2.24, 2.45) is 5.92 Å². The maximum absolute atomic E-state index is 5.74. The molecule has 1 heterocycles. The first-order valence-electron chi connectivity index (χ1n) is 5.70. The van der Waals surface area contributed by atoms with Crippen molar-refractivity contribution in [3.05, 3.63) is 10.7 Å². The van der Waals surface area contributed by atoms with Gasteiger partial charge in [0, 0.05) is 6.20 Å². The number of rotatable bonds is 2. The Morgan fingerprint density at radius 2 is 2.40 bits per heavy atom. The van der Waals surface area contributed by atoms with E-state index in [4.69, 9.17) is 5.73 Å². The van der Waals surface area contributed by atoms with Crippen LogP contribution in [0.4, 0.5) is 5.82 Å². The summed E-state index contributed by atoms with van der Waals surface area (Å²) in [5.74, 6) is 1.47. The van der Waals surface area contributed by atoms with E-state index in [-0.39, 0.29) is 0 Å². The van der Waals surface area contributed by atoms with Crippen LogP contribution in [0.5, 0.6) is 0 Å². The van der Waals surface area contributed by atoms with E-state index in [1.54, 1.807) is 0 Å². The smallest absolute Gasteiger partial charge is 0.159 e. The van der Waals surface area contributed by atoms with Crippen LogP contribution in [0, 0.1) is 5.92 Å². The number of hydrogen-bond acceptors (Lipinski definition) is 2. The third kappa shape index (κ3) is 2.36. The lowest BCUT2D eigenvalue weighted by Gasteiger charge is -2.28. The number of nitrogens with zero attached hydrogens (tertiary/aromatic N) is 2. The highest BCUT2D eigenvalue weighted by Gasteiger charge is 2.23. The van der Waals surface area contributed by atoms with Gasteiger partial charge < -0.3 is 5.73 Å². The van der Waals surface area contributed by atoms with Crippen molar-refractivity contribution in [2.75, 3.05) is 5.73 Å². The van der Waals surface area contributed by atoms with Crippen molar-refractivity contribution >= 4 is 21.7 Å². The summed E-state index contributed by atoms with van der Waals surface area (Å²) >= 11 is 3.41. The second-order valence-corrected chi connectivity index (χ2v) is 5.29. The van der Waals surface area contributed by atoms with E-state index in [2.05, 4.69) is 28.0 Å². The molecular weight excluding hydrogens is 254 g/mol. The molecule has 1 aliphatic rings. The van der Waals surface area contributed by atoms with Crippen LogP contribution in [0.2, 0.25) is 0 Å². The van der Waals surface area contributed by atoms with Gasteiger partial charge in [-0.25, -0.2) is 0 Å². The van der Waals surface area contributed by atoms with Crippen molar-refractivity contribution in [2.45, 2.75) is 45.1 Å². The molecule has 1 fully saturated rings. The lowest BCUT2D eigenvalue weighted by Crippen LogP contribution is -2.19. The molecule has 0 radical (unpaired) electrons. The van der Waals surface area contributed by atoms with Crippen LogP contribution in [0.15, 0.2) is 10.7 Å². The highest BCUT2D eigenvalue weighted by molar-refractivity contribution is 9.10. The molecule has 0 aromatic carbocycles. The van der Waals surface area contributed by atoms with Gasteiger partial charge in [-0.1, -0.05) is 26.2 Å². The fourth-order valence-electron chi connectivity index (χ4n) is 2.44. The van der Waals surface area contributed by atoms with Gasteiger partial charge in [-0.2, -0.15) is 5.10 Å². The van der Waals surface area contributed by atoms with Gasteiger partial charge in [0.1, 0.15) is 0 Å². The third-order valence-corrected chi connectivity index (χ3v) is 4.03. The standard InChI is InChI=1S/C11H18BrN3/c1-2-8-4-3-5-9(6-8)15-7-10(12)11(13)14-15/h7-9H,2-6H2,1H3,(H2,13,14). The summed E-state index contributed by atoms with van der Waals surface area (Å²) in [5, 5.41) is 4.35.